The highest BCUT2D eigenvalue weighted by atomic mass is 19.4. The largest absolute Gasteiger partial charge is 0.449 e. The number of carbonyl (C=O) groups is 1. The zero-order valence-electron chi connectivity index (χ0n) is 12.1. The van der Waals surface area contributed by atoms with Gasteiger partial charge in [-0.3, -0.25) is 4.79 Å². The maximum Gasteiger partial charge on any atom is 0.449 e. The summed E-state index contributed by atoms with van der Waals surface area (Å²) in [5.74, 6) is -2.10. The molecule has 0 aliphatic heterocycles. The maximum absolute atomic E-state index is 13.5. The number of amides is 1. The van der Waals surface area contributed by atoms with Crippen LogP contribution in [-0.2, 0) is 12.7 Å². The Bertz CT molecular complexity index is 902. The summed E-state index contributed by atoms with van der Waals surface area (Å²) in [4.78, 5) is 17.7. The third kappa shape index (κ3) is 3.22. The van der Waals surface area contributed by atoms with Crippen molar-refractivity contribution in [2.75, 3.05) is 0 Å². The first-order valence-corrected chi connectivity index (χ1v) is 6.93. The number of imidazole rings is 1. The SMILES string of the molecule is O=C(NCc1ccccc1F)c1ccc2nc(C(F)(F)F)[nH]c2c1. The first-order chi connectivity index (χ1) is 11.3. The maximum atomic E-state index is 13.5. The lowest BCUT2D eigenvalue weighted by molar-refractivity contribution is -0.144. The number of H-pyrrole nitrogens is 1. The summed E-state index contributed by atoms with van der Waals surface area (Å²) in [7, 11) is 0. The van der Waals surface area contributed by atoms with Gasteiger partial charge in [-0.2, -0.15) is 13.2 Å². The van der Waals surface area contributed by atoms with Gasteiger partial charge in [0.05, 0.1) is 11.0 Å². The van der Waals surface area contributed by atoms with Crippen LogP contribution in [0.25, 0.3) is 11.0 Å². The Hall–Kier alpha value is -2.90. The molecule has 2 aromatic carbocycles. The Morgan fingerprint density at radius 2 is 1.92 bits per heavy atom. The van der Waals surface area contributed by atoms with Gasteiger partial charge in [-0.25, -0.2) is 9.37 Å². The molecule has 0 aliphatic carbocycles. The number of aromatic amines is 1. The molecule has 8 heteroatoms. The molecule has 0 saturated heterocycles. The summed E-state index contributed by atoms with van der Waals surface area (Å²) in [5, 5.41) is 2.52. The average molecular weight is 337 g/mol. The number of alkyl halides is 3. The van der Waals surface area contributed by atoms with Gasteiger partial charge in [-0.1, -0.05) is 18.2 Å². The molecule has 1 amide bonds. The number of aromatic nitrogens is 2. The van der Waals surface area contributed by atoms with Crippen LogP contribution in [0, 0.1) is 5.82 Å². The molecule has 1 aromatic heterocycles. The highest BCUT2D eigenvalue weighted by Crippen LogP contribution is 2.28. The molecule has 0 unspecified atom stereocenters. The van der Waals surface area contributed by atoms with E-state index < -0.39 is 23.7 Å². The van der Waals surface area contributed by atoms with Crippen molar-refractivity contribution in [1.82, 2.24) is 15.3 Å². The van der Waals surface area contributed by atoms with Crippen molar-refractivity contribution in [2.24, 2.45) is 0 Å². The number of carbonyl (C=O) groups excluding carboxylic acids is 1. The summed E-state index contributed by atoms with van der Waals surface area (Å²) in [6, 6.07) is 9.93. The first-order valence-electron chi connectivity index (χ1n) is 6.93. The van der Waals surface area contributed by atoms with Crippen molar-refractivity contribution in [1.29, 1.82) is 0 Å². The van der Waals surface area contributed by atoms with Gasteiger partial charge in [0.1, 0.15) is 5.82 Å². The van der Waals surface area contributed by atoms with Crippen LogP contribution in [-0.4, -0.2) is 15.9 Å². The van der Waals surface area contributed by atoms with Gasteiger partial charge in [0.2, 0.25) is 5.82 Å². The highest BCUT2D eigenvalue weighted by Gasteiger charge is 2.34. The van der Waals surface area contributed by atoms with Crippen LogP contribution in [0.5, 0.6) is 0 Å². The third-order valence-corrected chi connectivity index (χ3v) is 3.41. The molecule has 3 rings (SSSR count). The third-order valence-electron chi connectivity index (χ3n) is 3.41. The number of fused-ring (bicyclic) bond motifs is 1. The number of nitrogens with zero attached hydrogens (tertiary/aromatic N) is 1. The van der Waals surface area contributed by atoms with Crippen LogP contribution in [0.15, 0.2) is 42.5 Å². The van der Waals surface area contributed by atoms with Crippen LogP contribution in [0.1, 0.15) is 21.7 Å². The van der Waals surface area contributed by atoms with Gasteiger partial charge < -0.3 is 10.3 Å². The quantitative estimate of drug-likeness (QED) is 0.717. The minimum atomic E-state index is -4.59. The van der Waals surface area contributed by atoms with E-state index in [-0.39, 0.29) is 23.1 Å². The molecule has 124 valence electrons. The number of rotatable bonds is 3. The zero-order valence-corrected chi connectivity index (χ0v) is 12.1. The van der Waals surface area contributed by atoms with Crippen molar-refractivity contribution in [2.45, 2.75) is 12.7 Å². The Kier molecular flexibility index (Phi) is 3.96. The van der Waals surface area contributed by atoms with Gasteiger partial charge >= 0.3 is 6.18 Å². The normalized spacial score (nSPS) is 11.7. The van der Waals surface area contributed by atoms with Gasteiger partial charge in [0.15, 0.2) is 0 Å². The van der Waals surface area contributed by atoms with E-state index in [2.05, 4.69) is 15.3 Å². The molecular weight excluding hydrogens is 326 g/mol. The van der Waals surface area contributed by atoms with Crippen molar-refractivity contribution < 1.29 is 22.4 Å². The lowest BCUT2D eigenvalue weighted by Gasteiger charge is -2.06. The minimum absolute atomic E-state index is 0.0275. The van der Waals surface area contributed by atoms with Gasteiger partial charge in [-0.15, -0.1) is 0 Å². The Labute approximate surface area is 133 Å². The van der Waals surface area contributed by atoms with Crippen LogP contribution in [0.4, 0.5) is 17.6 Å². The van der Waals surface area contributed by atoms with E-state index in [1.807, 2.05) is 0 Å². The fourth-order valence-corrected chi connectivity index (χ4v) is 2.20. The molecule has 0 aliphatic rings. The van der Waals surface area contributed by atoms with E-state index in [9.17, 15) is 22.4 Å². The molecule has 1 heterocycles. The fourth-order valence-electron chi connectivity index (χ4n) is 2.20. The van der Waals surface area contributed by atoms with Gasteiger partial charge in [-0.05, 0) is 24.3 Å². The first kappa shape index (κ1) is 16.0. The second-order valence-corrected chi connectivity index (χ2v) is 5.09. The summed E-state index contributed by atoms with van der Waals surface area (Å²) >= 11 is 0. The monoisotopic (exact) mass is 337 g/mol. The fraction of sp³-hybridized carbons (Fsp3) is 0.125. The van der Waals surface area contributed by atoms with Crippen LogP contribution in [0.3, 0.4) is 0 Å². The van der Waals surface area contributed by atoms with E-state index in [0.29, 0.717) is 5.56 Å². The molecule has 0 bridgehead atoms. The number of halogens is 4. The molecule has 0 saturated carbocycles. The van der Waals surface area contributed by atoms with Crippen LogP contribution < -0.4 is 5.32 Å². The van der Waals surface area contributed by atoms with Crippen molar-refractivity contribution >= 4 is 16.9 Å². The van der Waals surface area contributed by atoms with E-state index in [1.54, 1.807) is 6.07 Å². The Morgan fingerprint density at radius 3 is 2.62 bits per heavy atom. The van der Waals surface area contributed by atoms with Crippen molar-refractivity contribution in [3.63, 3.8) is 0 Å². The summed E-state index contributed by atoms with van der Waals surface area (Å²) in [6.45, 7) is -0.0275. The molecule has 0 atom stereocenters. The molecule has 0 spiro atoms. The van der Waals surface area contributed by atoms with E-state index in [4.69, 9.17) is 0 Å². The van der Waals surface area contributed by atoms with Crippen molar-refractivity contribution in [3.8, 4) is 0 Å². The van der Waals surface area contributed by atoms with Crippen molar-refractivity contribution in [3.05, 3.63) is 65.2 Å². The number of nitrogens with one attached hydrogen (secondary N) is 2. The molecule has 2 N–H and O–H groups in total. The second-order valence-electron chi connectivity index (χ2n) is 5.09. The standard InChI is InChI=1S/C16H11F4N3O/c17-11-4-2-1-3-10(11)8-21-14(24)9-5-6-12-13(7-9)23-15(22-12)16(18,19)20/h1-7H,8H2,(H,21,24)(H,22,23). The predicted octanol–water partition coefficient (Wildman–Crippen LogP) is 3.65. The van der Waals surface area contributed by atoms with Gasteiger partial charge in [0, 0.05) is 17.7 Å². The summed E-state index contributed by atoms with van der Waals surface area (Å²) in [5.41, 5.74) is 0.665. The second kappa shape index (κ2) is 5.95. The van der Waals surface area contributed by atoms with Crippen LogP contribution >= 0.6 is 0 Å². The number of hydrogen-bond acceptors (Lipinski definition) is 2. The molecule has 3 aromatic rings. The highest BCUT2D eigenvalue weighted by molar-refractivity contribution is 5.97. The lowest BCUT2D eigenvalue weighted by Crippen LogP contribution is -2.23. The Balaban J connectivity index is 1.79. The molecule has 0 fully saturated rings. The molecule has 0 radical (unpaired) electrons. The van der Waals surface area contributed by atoms with Gasteiger partial charge in [0.25, 0.3) is 5.91 Å². The molecule has 4 nitrogen and oxygen atoms in total. The average Bonchev–Trinajstić information content (AvgIpc) is 2.97. The van der Waals surface area contributed by atoms with Crippen LogP contribution in [0.2, 0.25) is 0 Å². The lowest BCUT2D eigenvalue weighted by atomic mass is 10.1. The molecule has 24 heavy (non-hydrogen) atoms. The summed E-state index contributed by atoms with van der Waals surface area (Å²) < 4.78 is 51.4. The molecular formula is C16H11F4N3O. The topological polar surface area (TPSA) is 57.8 Å². The van der Waals surface area contributed by atoms with E-state index >= 15 is 0 Å². The van der Waals surface area contributed by atoms with E-state index in [1.165, 1.54) is 36.4 Å². The Morgan fingerprint density at radius 1 is 1.17 bits per heavy atom. The predicted molar refractivity (Wildman–Crippen MR) is 78.7 cm³/mol. The number of benzene rings is 2. The summed E-state index contributed by atoms with van der Waals surface area (Å²) in [6.07, 6.45) is -4.59. The number of hydrogen-bond donors (Lipinski definition) is 2. The van der Waals surface area contributed by atoms with E-state index in [0.717, 1.165) is 0 Å². The zero-order chi connectivity index (χ0) is 17.3. The minimum Gasteiger partial charge on any atom is -0.348 e. The smallest absolute Gasteiger partial charge is 0.348 e.